The molecule has 0 amide bonds. The van der Waals surface area contributed by atoms with Gasteiger partial charge in [0.15, 0.2) is 5.16 Å². The van der Waals surface area contributed by atoms with Gasteiger partial charge in [0.05, 0.1) is 11.7 Å². The van der Waals surface area contributed by atoms with Crippen LogP contribution in [0.25, 0.3) is 11.0 Å². The third kappa shape index (κ3) is 3.93. The van der Waals surface area contributed by atoms with E-state index in [1.54, 1.807) is 24.2 Å². The molecule has 0 radical (unpaired) electrons. The van der Waals surface area contributed by atoms with E-state index in [1.807, 2.05) is 18.5 Å². The minimum absolute atomic E-state index is 0.860. The number of hydrogen-bond donors (Lipinski definition) is 0. The maximum Gasteiger partial charge on any atom is 0.187 e. The highest BCUT2D eigenvalue weighted by atomic mass is 32.2. The summed E-state index contributed by atoms with van der Waals surface area (Å²) in [4.78, 5) is 17.6. The van der Waals surface area contributed by atoms with E-state index in [0.717, 1.165) is 48.7 Å². The molecule has 3 aromatic heterocycles. The van der Waals surface area contributed by atoms with Crippen LogP contribution in [0.3, 0.4) is 0 Å². The standard InChI is InChI=1S/C18H23N5S/c1-3-7-16-22-15-13-19-12-14(2)17(15)23(16)10-4-5-11-24-18-20-8-6-9-21-18/h6,8-9,12-13H,3-5,7,10-11H2,1-2H3. The third-order valence-corrected chi connectivity index (χ3v) is 4.90. The molecule has 0 aliphatic carbocycles. The SMILES string of the molecule is CCCc1nc2cncc(C)c2n1CCCCSc1ncccn1. The average Bonchev–Trinajstić information content (AvgIpc) is 2.95. The largest absolute Gasteiger partial charge is 0.328 e. The van der Waals surface area contributed by atoms with Gasteiger partial charge in [0.1, 0.15) is 11.3 Å². The first-order chi connectivity index (χ1) is 11.8. The van der Waals surface area contributed by atoms with E-state index in [1.165, 1.54) is 16.9 Å². The molecule has 0 spiro atoms. The van der Waals surface area contributed by atoms with E-state index in [-0.39, 0.29) is 0 Å². The summed E-state index contributed by atoms with van der Waals surface area (Å²) >= 11 is 1.72. The van der Waals surface area contributed by atoms with Crippen molar-refractivity contribution >= 4 is 22.8 Å². The fraction of sp³-hybridized carbons (Fsp3) is 0.444. The Balaban J connectivity index is 1.62. The highest BCUT2D eigenvalue weighted by Crippen LogP contribution is 2.21. The Labute approximate surface area is 147 Å². The molecule has 126 valence electrons. The quantitative estimate of drug-likeness (QED) is 0.351. The zero-order valence-electron chi connectivity index (χ0n) is 14.3. The minimum atomic E-state index is 0.860. The lowest BCUT2D eigenvalue weighted by Crippen LogP contribution is -2.05. The molecule has 0 atom stereocenters. The molecule has 0 saturated heterocycles. The van der Waals surface area contributed by atoms with Gasteiger partial charge in [-0.15, -0.1) is 0 Å². The van der Waals surface area contributed by atoms with Crippen LogP contribution in [0, 0.1) is 6.92 Å². The van der Waals surface area contributed by atoms with Crippen LogP contribution in [0.1, 0.15) is 37.6 Å². The molecule has 0 bridgehead atoms. The van der Waals surface area contributed by atoms with Crippen molar-refractivity contribution in [3.63, 3.8) is 0 Å². The summed E-state index contributed by atoms with van der Waals surface area (Å²) in [5, 5.41) is 0.860. The van der Waals surface area contributed by atoms with Crippen LogP contribution in [-0.2, 0) is 13.0 Å². The highest BCUT2D eigenvalue weighted by molar-refractivity contribution is 7.99. The van der Waals surface area contributed by atoms with Gasteiger partial charge in [0.2, 0.25) is 0 Å². The molecule has 0 aromatic carbocycles. The summed E-state index contributed by atoms with van der Waals surface area (Å²) in [5.41, 5.74) is 3.47. The van der Waals surface area contributed by atoms with Gasteiger partial charge in [-0.05, 0) is 37.8 Å². The fourth-order valence-corrected chi connectivity index (χ4v) is 3.66. The van der Waals surface area contributed by atoms with Gasteiger partial charge in [-0.25, -0.2) is 15.0 Å². The van der Waals surface area contributed by atoms with E-state index in [4.69, 9.17) is 4.98 Å². The molecule has 0 aliphatic rings. The molecule has 6 heteroatoms. The lowest BCUT2D eigenvalue weighted by molar-refractivity contribution is 0.613. The smallest absolute Gasteiger partial charge is 0.187 e. The number of imidazole rings is 1. The first kappa shape index (κ1) is 16.9. The van der Waals surface area contributed by atoms with Crippen molar-refractivity contribution in [3.8, 4) is 0 Å². The summed E-state index contributed by atoms with van der Waals surface area (Å²) in [7, 11) is 0. The Morgan fingerprint density at radius 1 is 1.12 bits per heavy atom. The summed E-state index contributed by atoms with van der Waals surface area (Å²) in [6.07, 6.45) is 11.8. The van der Waals surface area contributed by atoms with Gasteiger partial charge < -0.3 is 4.57 Å². The predicted octanol–water partition coefficient (Wildman–Crippen LogP) is 4.05. The van der Waals surface area contributed by atoms with Crippen molar-refractivity contribution in [2.45, 2.75) is 51.2 Å². The van der Waals surface area contributed by atoms with Crippen LogP contribution in [0.4, 0.5) is 0 Å². The van der Waals surface area contributed by atoms with Crippen LogP contribution in [0.15, 0.2) is 36.0 Å². The van der Waals surface area contributed by atoms with Crippen LogP contribution >= 0.6 is 11.8 Å². The van der Waals surface area contributed by atoms with E-state index >= 15 is 0 Å². The Hall–Kier alpha value is -1.95. The van der Waals surface area contributed by atoms with Crippen molar-refractivity contribution in [1.29, 1.82) is 0 Å². The van der Waals surface area contributed by atoms with Crippen LogP contribution in [0.5, 0.6) is 0 Å². The number of hydrogen-bond acceptors (Lipinski definition) is 5. The van der Waals surface area contributed by atoms with Crippen molar-refractivity contribution in [1.82, 2.24) is 24.5 Å². The summed E-state index contributed by atoms with van der Waals surface area (Å²) in [5.74, 6) is 2.22. The van der Waals surface area contributed by atoms with Crippen LogP contribution in [0.2, 0.25) is 0 Å². The topological polar surface area (TPSA) is 56.5 Å². The van der Waals surface area contributed by atoms with Crippen LogP contribution in [-0.4, -0.2) is 30.3 Å². The zero-order valence-corrected chi connectivity index (χ0v) is 15.1. The van der Waals surface area contributed by atoms with E-state index in [9.17, 15) is 0 Å². The predicted molar refractivity (Wildman–Crippen MR) is 98.3 cm³/mol. The van der Waals surface area contributed by atoms with Crippen molar-refractivity contribution in [2.24, 2.45) is 0 Å². The molecule has 3 rings (SSSR count). The number of thioether (sulfide) groups is 1. The molecule has 24 heavy (non-hydrogen) atoms. The maximum atomic E-state index is 4.78. The normalized spacial score (nSPS) is 11.2. The van der Waals surface area contributed by atoms with Crippen molar-refractivity contribution < 1.29 is 0 Å². The Kier molecular flexibility index (Phi) is 5.80. The first-order valence-corrected chi connectivity index (χ1v) is 9.47. The number of aromatic nitrogens is 5. The summed E-state index contributed by atoms with van der Waals surface area (Å²) in [6, 6.07) is 1.85. The molecule has 0 N–H and O–H groups in total. The van der Waals surface area contributed by atoms with Gasteiger partial charge in [0.25, 0.3) is 0 Å². The number of rotatable bonds is 8. The summed E-state index contributed by atoms with van der Waals surface area (Å²) < 4.78 is 2.39. The number of fused-ring (bicyclic) bond motifs is 1. The van der Waals surface area contributed by atoms with Gasteiger partial charge in [-0.3, -0.25) is 4.98 Å². The molecule has 0 fully saturated rings. The molecular weight excluding hydrogens is 318 g/mol. The second kappa shape index (κ2) is 8.24. The van der Waals surface area contributed by atoms with Crippen LogP contribution < -0.4 is 0 Å². The number of nitrogens with zero attached hydrogens (tertiary/aromatic N) is 5. The van der Waals surface area contributed by atoms with Gasteiger partial charge >= 0.3 is 0 Å². The van der Waals surface area contributed by atoms with Gasteiger partial charge in [-0.2, -0.15) is 0 Å². The molecule has 5 nitrogen and oxygen atoms in total. The van der Waals surface area contributed by atoms with E-state index in [0.29, 0.717) is 0 Å². The number of pyridine rings is 1. The lowest BCUT2D eigenvalue weighted by Gasteiger charge is -2.10. The molecule has 3 heterocycles. The Morgan fingerprint density at radius 2 is 1.96 bits per heavy atom. The average molecular weight is 341 g/mol. The third-order valence-electron chi connectivity index (χ3n) is 3.94. The zero-order chi connectivity index (χ0) is 16.8. The van der Waals surface area contributed by atoms with Gasteiger partial charge in [0, 0.05) is 37.3 Å². The number of unbranched alkanes of at least 4 members (excludes halogenated alkanes) is 1. The van der Waals surface area contributed by atoms with Gasteiger partial charge in [-0.1, -0.05) is 18.7 Å². The summed E-state index contributed by atoms with van der Waals surface area (Å²) in [6.45, 7) is 5.32. The Morgan fingerprint density at radius 3 is 2.75 bits per heavy atom. The van der Waals surface area contributed by atoms with E-state index in [2.05, 4.69) is 33.4 Å². The molecule has 0 unspecified atom stereocenters. The highest BCUT2D eigenvalue weighted by Gasteiger charge is 2.12. The Bertz CT molecular complexity index is 785. The molecular formula is C18H23N5S. The molecule has 3 aromatic rings. The second-order valence-corrected chi connectivity index (χ2v) is 6.90. The van der Waals surface area contributed by atoms with Crippen molar-refractivity contribution in [2.75, 3.05) is 5.75 Å². The maximum absolute atomic E-state index is 4.78. The number of aryl methyl sites for hydroxylation is 3. The molecule has 0 saturated carbocycles. The van der Waals surface area contributed by atoms with Crippen molar-refractivity contribution in [3.05, 3.63) is 42.2 Å². The monoisotopic (exact) mass is 341 g/mol. The lowest BCUT2D eigenvalue weighted by atomic mass is 10.2. The fourth-order valence-electron chi connectivity index (χ4n) is 2.86. The molecule has 0 aliphatic heterocycles. The van der Waals surface area contributed by atoms with E-state index < -0.39 is 0 Å². The first-order valence-electron chi connectivity index (χ1n) is 8.49. The second-order valence-electron chi connectivity index (χ2n) is 5.84. The minimum Gasteiger partial charge on any atom is -0.328 e.